The highest BCUT2D eigenvalue weighted by atomic mass is 28.3. The van der Waals surface area contributed by atoms with Gasteiger partial charge in [0.25, 0.3) is 0 Å². The minimum atomic E-state index is -0.744. The van der Waals surface area contributed by atoms with Crippen LogP contribution in [0.1, 0.15) is 6.42 Å². The Morgan fingerprint density at radius 1 is 1.20 bits per heavy atom. The maximum Gasteiger partial charge on any atom is 0.0455 e. The molecular formula is C8H19NSi. The Morgan fingerprint density at radius 2 is 1.80 bits per heavy atom. The van der Waals surface area contributed by atoms with Gasteiger partial charge in [0.1, 0.15) is 0 Å². The van der Waals surface area contributed by atoms with Gasteiger partial charge in [-0.25, -0.2) is 0 Å². The fourth-order valence-corrected chi connectivity index (χ4v) is 2.09. The molecule has 0 atom stereocenters. The standard InChI is InChI=1S/C8H19NSi/c1-10(2,3)8-7-9-5-4-6-9/h4-8H2,1-3H3. The largest absolute Gasteiger partial charge is 0.304 e. The summed E-state index contributed by atoms with van der Waals surface area (Å²) in [6, 6.07) is 1.48. The molecular weight excluding hydrogens is 138 g/mol. The van der Waals surface area contributed by atoms with Gasteiger partial charge >= 0.3 is 0 Å². The molecule has 1 aliphatic heterocycles. The molecule has 0 aliphatic carbocycles. The van der Waals surface area contributed by atoms with Crippen molar-refractivity contribution in [2.24, 2.45) is 0 Å². The molecule has 10 heavy (non-hydrogen) atoms. The fraction of sp³-hybridized carbons (Fsp3) is 1.00. The maximum atomic E-state index is 2.57. The Morgan fingerprint density at radius 3 is 2.10 bits per heavy atom. The third kappa shape index (κ3) is 2.84. The van der Waals surface area contributed by atoms with E-state index in [1.165, 1.54) is 32.1 Å². The molecule has 1 saturated heterocycles. The van der Waals surface area contributed by atoms with Gasteiger partial charge in [0, 0.05) is 8.07 Å². The molecule has 0 amide bonds. The summed E-state index contributed by atoms with van der Waals surface area (Å²) in [5, 5.41) is 0. The fourth-order valence-electron chi connectivity index (χ4n) is 1.10. The van der Waals surface area contributed by atoms with Crippen molar-refractivity contribution < 1.29 is 0 Å². The van der Waals surface area contributed by atoms with Crippen molar-refractivity contribution in [2.45, 2.75) is 32.1 Å². The molecule has 0 aromatic heterocycles. The summed E-state index contributed by atoms with van der Waals surface area (Å²) in [7, 11) is -0.744. The van der Waals surface area contributed by atoms with E-state index in [1.807, 2.05) is 0 Å². The quantitative estimate of drug-likeness (QED) is 0.567. The average Bonchev–Trinajstić information content (AvgIpc) is 1.56. The maximum absolute atomic E-state index is 2.57. The molecule has 0 radical (unpaired) electrons. The topological polar surface area (TPSA) is 3.24 Å². The van der Waals surface area contributed by atoms with E-state index in [9.17, 15) is 0 Å². The van der Waals surface area contributed by atoms with E-state index in [4.69, 9.17) is 0 Å². The van der Waals surface area contributed by atoms with Crippen molar-refractivity contribution >= 4 is 8.07 Å². The highest BCUT2D eigenvalue weighted by molar-refractivity contribution is 6.76. The van der Waals surface area contributed by atoms with Crippen LogP contribution in [-0.4, -0.2) is 32.6 Å². The lowest BCUT2D eigenvalue weighted by Gasteiger charge is -2.32. The number of rotatable bonds is 3. The Kier molecular flexibility index (Phi) is 2.53. The smallest absolute Gasteiger partial charge is 0.0455 e. The minimum Gasteiger partial charge on any atom is -0.304 e. The van der Waals surface area contributed by atoms with E-state index >= 15 is 0 Å². The number of nitrogens with zero attached hydrogens (tertiary/aromatic N) is 1. The second-order valence-corrected chi connectivity index (χ2v) is 10.1. The van der Waals surface area contributed by atoms with E-state index < -0.39 is 8.07 Å². The number of hydrogen-bond donors (Lipinski definition) is 0. The summed E-state index contributed by atoms with van der Waals surface area (Å²) in [6.07, 6.45) is 1.44. The second-order valence-electron chi connectivity index (χ2n) is 4.51. The molecule has 1 rings (SSSR count). The van der Waals surface area contributed by atoms with Crippen molar-refractivity contribution in [3.63, 3.8) is 0 Å². The lowest BCUT2D eigenvalue weighted by Crippen LogP contribution is -2.40. The van der Waals surface area contributed by atoms with Crippen molar-refractivity contribution in [1.82, 2.24) is 4.90 Å². The molecule has 1 aliphatic rings. The van der Waals surface area contributed by atoms with Crippen LogP contribution >= 0.6 is 0 Å². The van der Waals surface area contributed by atoms with E-state index in [1.54, 1.807) is 0 Å². The van der Waals surface area contributed by atoms with Crippen LogP contribution in [0.25, 0.3) is 0 Å². The SMILES string of the molecule is C[Si](C)(C)CCN1CCC1. The molecule has 0 aromatic rings. The third-order valence-corrected chi connectivity index (χ3v) is 3.85. The van der Waals surface area contributed by atoms with Gasteiger partial charge in [-0.1, -0.05) is 19.6 Å². The zero-order chi connectivity index (χ0) is 7.61. The van der Waals surface area contributed by atoms with Crippen LogP contribution in [0.3, 0.4) is 0 Å². The van der Waals surface area contributed by atoms with E-state index in [2.05, 4.69) is 24.5 Å². The highest BCUT2D eigenvalue weighted by Gasteiger charge is 2.18. The van der Waals surface area contributed by atoms with Crippen molar-refractivity contribution in [1.29, 1.82) is 0 Å². The predicted octanol–water partition coefficient (Wildman–Crippen LogP) is 2.03. The van der Waals surface area contributed by atoms with Crippen LogP contribution in [0.2, 0.25) is 25.7 Å². The van der Waals surface area contributed by atoms with Crippen LogP contribution in [0.5, 0.6) is 0 Å². The van der Waals surface area contributed by atoms with E-state index in [0.29, 0.717) is 0 Å². The summed E-state index contributed by atoms with van der Waals surface area (Å²) in [5.74, 6) is 0. The van der Waals surface area contributed by atoms with Crippen molar-refractivity contribution in [2.75, 3.05) is 19.6 Å². The van der Waals surface area contributed by atoms with Crippen LogP contribution in [0, 0.1) is 0 Å². The zero-order valence-corrected chi connectivity index (χ0v) is 8.48. The first-order valence-electron chi connectivity index (χ1n) is 4.30. The Balaban J connectivity index is 2.04. The summed E-state index contributed by atoms with van der Waals surface area (Å²) in [4.78, 5) is 2.57. The summed E-state index contributed by atoms with van der Waals surface area (Å²) < 4.78 is 0. The van der Waals surface area contributed by atoms with Gasteiger partial charge in [-0.05, 0) is 32.1 Å². The first kappa shape index (κ1) is 8.28. The Hall–Kier alpha value is 0.177. The van der Waals surface area contributed by atoms with Gasteiger partial charge in [-0.2, -0.15) is 0 Å². The number of likely N-dealkylation sites (tertiary alicyclic amines) is 1. The molecule has 0 saturated carbocycles. The van der Waals surface area contributed by atoms with Gasteiger partial charge in [-0.3, -0.25) is 0 Å². The van der Waals surface area contributed by atoms with Gasteiger partial charge in [0.2, 0.25) is 0 Å². The summed E-state index contributed by atoms with van der Waals surface area (Å²) in [5.41, 5.74) is 0. The van der Waals surface area contributed by atoms with E-state index in [-0.39, 0.29) is 0 Å². The van der Waals surface area contributed by atoms with Crippen LogP contribution < -0.4 is 0 Å². The molecule has 0 spiro atoms. The monoisotopic (exact) mass is 157 g/mol. The van der Waals surface area contributed by atoms with E-state index in [0.717, 1.165) is 0 Å². The minimum absolute atomic E-state index is 0.744. The van der Waals surface area contributed by atoms with Crippen LogP contribution in [0.4, 0.5) is 0 Å². The lowest BCUT2D eigenvalue weighted by atomic mass is 10.2. The number of hydrogen-bond acceptors (Lipinski definition) is 1. The third-order valence-electron chi connectivity index (χ3n) is 2.13. The molecule has 60 valence electrons. The van der Waals surface area contributed by atoms with Gasteiger partial charge in [-0.15, -0.1) is 0 Å². The molecule has 1 nitrogen and oxygen atoms in total. The molecule has 0 unspecified atom stereocenters. The van der Waals surface area contributed by atoms with Gasteiger partial charge in [0.15, 0.2) is 0 Å². The summed E-state index contributed by atoms with van der Waals surface area (Å²) >= 11 is 0. The van der Waals surface area contributed by atoms with Gasteiger partial charge in [0.05, 0.1) is 0 Å². The van der Waals surface area contributed by atoms with Crippen molar-refractivity contribution in [3.05, 3.63) is 0 Å². The van der Waals surface area contributed by atoms with Crippen LogP contribution in [0.15, 0.2) is 0 Å². The predicted molar refractivity (Wildman–Crippen MR) is 49.2 cm³/mol. The highest BCUT2D eigenvalue weighted by Crippen LogP contribution is 2.12. The Bertz CT molecular complexity index is 102. The first-order valence-corrected chi connectivity index (χ1v) is 8.01. The molecule has 1 heterocycles. The van der Waals surface area contributed by atoms with Crippen LogP contribution in [-0.2, 0) is 0 Å². The zero-order valence-electron chi connectivity index (χ0n) is 7.48. The summed E-state index contributed by atoms with van der Waals surface area (Å²) in [6.45, 7) is 11.5. The molecule has 0 aromatic carbocycles. The Labute approximate surface area is 65.4 Å². The molecule has 2 heteroatoms. The van der Waals surface area contributed by atoms with Gasteiger partial charge < -0.3 is 4.90 Å². The average molecular weight is 157 g/mol. The molecule has 1 fully saturated rings. The first-order chi connectivity index (χ1) is 4.58. The van der Waals surface area contributed by atoms with Crippen molar-refractivity contribution in [3.8, 4) is 0 Å². The molecule has 0 N–H and O–H groups in total. The lowest BCUT2D eigenvalue weighted by molar-refractivity contribution is 0.191. The second kappa shape index (κ2) is 3.05. The normalized spacial score (nSPS) is 20.7. The molecule has 0 bridgehead atoms.